The molecule has 1 aliphatic heterocycles. The van der Waals surface area contributed by atoms with Crippen LogP contribution in [-0.2, 0) is 6.42 Å². The van der Waals surface area contributed by atoms with E-state index in [1.807, 2.05) is 12.1 Å². The van der Waals surface area contributed by atoms with E-state index in [2.05, 4.69) is 15.5 Å². The largest absolute Gasteiger partial charge is 0.339 e. The van der Waals surface area contributed by atoms with E-state index in [-0.39, 0.29) is 0 Å². The van der Waals surface area contributed by atoms with Gasteiger partial charge in [0.25, 0.3) is 0 Å². The average Bonchev–Trinajstić information content (AvgIpc) is 2.92. The van der Waals surface area contributed by atoms with Crippen LogP contribution in [-0.4, -0.2) is 23.2 Å². The second-order valence-corrected chi connectivity index (χ2v) is 5.83. The van der Waals surface area contributed by atoms with Crippen molar-refractivity contribution >= 4 is 23.2 Å². The van der Waals surface area contributed by atoms with E-state index in [0.717, 1.165) is 37.4 Å². The van der Waals surface area contributed by atoms with E-state index in [1.54, 1.807) is 6.07 Å². The van der Waals surface area contributed by atoms with Gasteiger partial charge in [-0.1, -0.05) is 34.4 Å². The Bertz CT molecular complexity index is 594. The van der Waals surface area contributed by atoms with Gasteiger partial charge in [0.15, 0.2) is 5.82 Å². The zero-order valence-corrected chi connectivity index (χ0v) is 12.4. The van der Waals surface area contributed by atoms with Crippen molar-refractivity contribution in [2.24, 2.45) is 0 Å². The van der Waals surface area contributed by atoms with Gasteiger partial charge in [-0.25, -0.2) is 0 Å². The highest BCUT2D eigenvalue weighted by Crippen LogP contribution is 2.25. The van der Waals surface area contributed by atoms with Crippen molar-refractivity contribution in [3.05, 3.63) is 45.5 Å². The van der Waals surface area contributed by atoms with Gasteiger partial charge in [0.1, 0.15) is 0 Å². The lowest BCUT2D eigenvalue weighted by molar-refractivity contribution is 0.320. The second kappa shape index (κ2) is 6.12. The van der Waals surface area contributed by atoms with E-state index in [4.69, 9.17) is 27.7 Å². The Labute approximate surface area is 127 Å². The Kier molecular flexibility index (Phi) is 4.24. The minimum atomic E-state index is 0.332. The number of nitrogens with zero attached hydrogens (tertiary/aromatic N) is 2. The van der Waals surface area contributed by atoms with Crippen molar-refractivity contribution in [3.63, 3.8) is 0 Å². The quantitative estimate of drug-likeness (QED) is 0.943. The van der Waals surface area contributed by atoms with Crippen LogP contribution >= 0.6 is 23.2 Å². The highest BCUT2D eigenvalue weighted by atomic mass is 35.5. The highest BCUT2D eigenvalue weighted by molar-refractivity contribution is 6.42. The predicted molar refractivity (Wildman–Crippen MR) is 78.4 cm³/mol. The molecule has 0 bridgehead atoms. The highest BCUT2D eigenvalue weighted by Gasteiger charge is 2.21. The molecule has 106 valence electrons. The van der Waals surface area contributed by atoms with Gasteiger partial charge in [-0.3, -0.25) is 0 Å². The van der Waals surface area contributed by atoms with E-state index in [9.17, 15) is 0 Å². The van der Waals surface area contributed by atoms with E-state index < -0.39 is 0 Å². The van der Waals surface area contributed by atoms with Crippen LogP contribution < -0.4 is 5.32 Å². The monoisotopic (exact) mass is 311 g/mol. The predicted octanol–water partition coefficient (Wildman–Crippen LogP) is 3.43. The lowest BCUT2D eigenvalue weighted by Gasteiger charge is -2.18. The minimum absolute atomic E-state index is 0.332. The summed E-state index contributed by atoms with van der Waals surface area (Å²) < 4.78 is 5.37. The summed E-state index contributed by atoms with van der Waals surface area (Å²) in [7, 11) is 0. The van der Waals surface area contributed by atoms with Gasteiger partial charge in [0.05, 0.1) is 16.0 Å². The van der Waals surface area contributed by atoms with Crippen LogP contribution in [0.1, 0.15) is 36.0 Å². The summed E-state index contributed by atoms with van der Waals surface area (Å²) in [6, 6.07) is 5.54. The first-order chi connectivity index (χ1) is 9.72. The zero-order chi connectivity index (χ0) is 13.9. The first-order valence-electron chi connectivity index (χ1n) is 6.69. The topological polar surface area (TPSA) is 51.0 Å². The Morgan fingerprint density at radius 3 is 2.95 bits per heavy atom. The fraction of sp³-hybridized carbons (Fsp3) is 0.429. The molecule has 1 aromatic heterocycles. The molecule has 6 heteroatoms. The van der Waals surface area contributed by atoms with Gasteiger partial charge >= 0.3 is 0 Å². The molecule has 0 aliphatic carbocycles. The third-order valence-corrected chi connectivity index (χ3v) is 4.22. The first-order valence-corrected chi connectivity index (χ1v) is 7.45. The summed E-state index contributed by atoms with van der Waals surface area (Å²) in [5, 5.41) is 8.49. The first kappa shape index (κ1) is 13.9. The van der Waals surface area contributed by atoms with E-state index in [1.165, 1.54) is 0 Å². The van der Waals surface area contributed by atoms with Crippen LogP contribution in [0.15, 0.2) is 22.7 Å². The second-order valence-electron chi connectivity index (χ2n) is 5.02. The van der Waals surface area contributed by atoms with Gasteiger partial charge in [-0.15, -0.1) is 0 Å². The maximum Gasteiger partial charge on any atom is 0.231 e. The number of nitrogens with one attached hydrogen (secondary N) is 1. The molecule has 1 atom stereocenters. The van der Waals surface area contributed by atoms with Gasteiger partial charge in [0.2, 0.25) is 5.89 Å². The van der Waals surface area contributed by atoms with E-state index >= 15 is 0 Å². The molecule has 0 amide bonds. The number of aromatic nitrogens is 2. The van der Waals surface area contributed by atoms with Crippen molar-refractivity contribution in [3.8, 4) is 0 Å². The third-order valence-electron chi connectivity index (χ3n) is 3.48. The Balaban J connectivity index is 1.71. The number of hydrogen-bond acceptors (Lipinski definition) is 4. The van der Waals surface area contributed by atoms with Crippen LogP contribution in [0.25, 0.3) is 0 Å². The minimum Gasteiger partial charge on any atom is -0.339 e. The van der Waals surface area contributed by atoms with Crippen LogP contribution in [0.4, 0.5) is 0 Å². The molecule has 1 N–H and O–H groups in total. The molecule has 1 aliphatic rings. The molecule has 0 spiro atoms. The fourth-order valence-electron chi connectivity index (χ4n) is 2.40. The molecule has 1 saturated heterocycles. The Morgan fingerprint density at radius 2 is 2.20 bits per heavy atom. The molecule has 3 rings (SSSR count). The number of benzene rings is 1. The standard InChI is InChI=1S/C14H15Cl2N3O/c15-11-4-3-9(6-12(11)16)7-13-18-14(20-19-13)10-2-1-5-17-8-10/h3-4,6,10,17H,1-2,5,7-8H2/t10-/m0/s1. The molecule has 20 heavy (non-hydrogen) atoms. The van der Waals surface area contributed by atoms with Crippen molar-refractivity contribution in [2.45, 2.75) is 25.2 Å². The maximum absolute atomic E-state index is 6.00. The molecule has 1 aromatic carbocycles. The summed E-state index contributed by atoms with van der Waals surface area (Å²) in [5.41, 5.74) is 1.02. The molecule has 0 radical (unpaired) electrons. The molecule has 2 aromatic rings. The van der Waals surface area contributed by atoms with E-state index in [0.29, 0.717) is 28.2 Å². The normalized spacial score (nSPS) is 19.2. The van der Waals surface area contributed by atoms with Crippen LogP contribution in [0.3, 0.4) is 0 Å². The van der Waals surface area contributed by atoms with Crippen molar-refractivity contribution < 1.29 is 4.52 Å². The molecule has 2 heterocycles. The van der Waals surface area contributed by atoms with Gasteiger partial charge in [0, 0.05) is 13.0 Å². The molecule has 0 unspecified atom stereocenters. The third kappa shape index (κ3) is 3.14. The molecule has 4 nitrogen and oxygen atoms in total. The number of hydrogen-bond donors (Lipinski definition) is 1. The Hall–Kier alpha value is -1.10. The lowest BCUT2D eigenvalue weighted by atomic mass is 10.00. The molecular weight excluding hydrogens is 297 g/mol. The molecule has 1 fully saturated rings. The van der Waals surface area contributed by atoms with Crippen molar-refractivity contribution in [1.29, 1.82) is 0 Å². The molecule has 0 saturated carbocycles. The summed E-state index contributed by atoms with van der Waals surface area (Å²) in [5.74, 6) is 1.75. The fourth-order valence-corrected chi connectivity index (χ4v) is 2.72. The van der Waals surface area contributed by atoms with Crippen LogP contribution in [0, 0.1) is 0 Å². The number of piperidine rings is 1. The van der Waals surface area contributed by atoms with Crippen molar-refractivity contribution in [2.75, 3.05) is 13.1 Å². The smallest absolute Gasteiger partial charge is 0.231 e. The zero-order valence-electron chi connectivity index (χ0n) is 10.9. The van der Waals surface area contributed by atoms with Crippen LogP contribution in [0.2, 0.25) is 10.0 Å². The lowest BCUT2D eigenvalue weighted by Crippen LogP contribution is -2.28. The maximum atomic E-state index is 6.00. The van der Waals surface area contributed by atoms with Crippen LogP contribution in [0.5, 0.6) is 0 Å². The summed E-state index contributed by atoms with van der Waals surface area (Å²) in [6.07, 6.45) is 2.84. The van der Waals surface area contributed by atoms with Gasteiger partial charge in [-0.2, -0.15) is 4.98 Å². The van der Waals surface area contributed by atoms with Gasteiger partial charge < -0.3 is 9.84 Å². The average molecular weight is 312 g/mol. The number of rotatable bonds is 3. The van der Waals surface area contributed by atoms with Gasteiger partial charge in [-0.05, 0) is 37.1 Å². The molecular formula is C14H15Cl2N3O. The summed E-state index contributed by atoms with van der Waals surface area (Å²) in [6.45, 7) is 1.98. The summed E-state index contributed by atoms with van der Waals surface area (Å²) >= 11 is 11.9. The summed E-state index contributed by atoms with van der Waals surface area (Å²) in [4.78, 5) is 4.49. The number of halogens is 2. The SMILES string of the molecule is Clc1ccc(Cc2noc([C@H]3CCCNC3)n2)cc1Cl. The van der Waals surface area contributed by atoms with Crippen molar-refractivity contribution in [1.82, 2.24) is 15.5 Å². The Morgan fingerprint density at radius 1 is 1.30 bits per heavy atom.